The van der Waals surface area contributed by atoms with Crippen LogP contribution in [0.2, 0.25) is 0 Å². The second-order valence-corrected chi connectivity index (χ2v) is 7.48. The molecule has 4 N–H and O–H groups in total. The zero-order valence-electron chi connectivity index (χ0n) is 18.2. The van der Waals surface area contributed by atoms with Gasteiger partial charge in [-0.05, 0) is 26.0 Å². The molecule has 0 spiro atoms. The zero-order chi connectivity index (χ0) is 23.8. The quantitative estimate of drug-likeness (QED) is 0.408. The van der Waals surface area contributed by atoms with Gasteiger partial charge in [-0.2, -0.15) is 4.98 Å². The van der Waals surface area contributed by atoms with Gasteiger partial charge in [0.15, 0.2) is 40.3 Å². The van der Waals surface area contributed by atoms with Crippen LogP contribution < -0.4 is 30.2 Å². The van der Waals surface area contributed by atoms with Crippen LogP contribution in [0.15, 0.2) is 30.5 Å². The normalized spacial score (nSPS) is 13.9. The Kier molecular flexibility index (Phi) is 5.50. The van der Waals surface area contributed by atoms with E-state index in [0.29, 0.717) is 11.4 Å². The average molecular weight is 456 g/mol. The number of carbonyl (C=O) groups excluding carboxylic acids is 1. The number of nitrogens with zero attached hydrogens (tertiary/aromatic N) is 3. The van der Waals surface area contributed by atoms with Gasteiger partial charge in [-0.1, -0.05) is 0 Å². The van der Waals surface area contributed by atoms with E-state index in [2.05, 4.69) is 30.9 Å². The second-order valence-electron chi connectivity index (χ2n) is 7.48. The molecule has 1 amide bonds. The summed E-state index contributed by atoms with van der Waals surface area (Å²) in [6, 6.07) is 6.19. The predicted molar refractivity (Wildman–Crippen MR) is 117 cm³/mol. The molecule has 0 saturated carbocycles. The Bertz CT molecular complexity index is 1210. The number of rotatable bonds is 6. The van der Waals surface area contributed by atoms with Crippen molar-refractivity contribution in [2.24, 2.45) is 0 Å². The number of carbonyl (C=O) groups is 1. The molecule has 12 heteroatoms. The molecular formula is C21H21FN6O5. The third-order valence-electron chi connectivity index (χ3n) is 4.73. The van der Waals surface area contributed by atoms with E-state index in [1.54, 1.807) is 26.0 Å². The first-order valence-electron chi connectivity index (χ1n) is 9.73. The molecule has 0 bridgehead atoms. The third-order valence-corrected chi connectivity index (χ3v) is 4.73. The van der Waals surface area contributed by atoms with Gasteiger partial charge in [-0.25, -0.2) is 14.4 Å². The van der Waals surface area contributed by atoms with Gasteiger partial charge in [0.05, 0.1) is 20.4 Å². The summed E-state index contributed by atoms with van der Waals surface area (Å²) >= 11 is 0. The Labute approximate surface area is 187 Å². The van der Waals surface area contributed by atoms with E-state index in [0.717, 1.165) is 6.20 Å². The van der Waals surface area contributed by atoms with Crippen LogP contribution in [-0.2, 0) is 4.79 Å². The number of anilines is 5. The molecule has 1 aliphatic rings. The zero-order valence-corrected chi connectivity index (χ0v) is 18.2. The molecule has 0 radical (unpaired) electrons. The highest BCUT2D eigenvalue weighted by molar-refractivity contribution is 5.99. The van der Waals surface area contributed by atoms with Crippen LogP contribution in [0.5, 0.6) is 23.0 Å². The number of halogens is 1. The van der Waals surface area contributed by atoms with Crippen molar-refractivity contribution in [1.29, 1.82) is 0 Å². The van der Waals surface area contributed by atoms with Crippen molar-refractivity contribution >= 4 is 35.0 Å². The molecule has 1 aliphatic heterocycles. The third kappa shape index (κ3) is 4.35. The van der Waals surface area contributed by atoms with Crippen molar-refractivity contribution in [3.05, 3.63) is 36.3 Å². The highest BCUT2D eigenvalue weighted by Crippen LogP contribution is 2.39. The number of benzene rings is 1. The number of phenolic OH excluding ortho intramolecular Hbond substituents is 1. The number of hydrogen-bond acceptors (Lipinski definition) is 10. The van der Waals surface area contributed by atoms with E-state index >= 15 is 0 Å². The number of amides is 1. The van der Waals surface area contributed by atoms with Gasteiger partial charge in [0.25, 0.3) is 5.91 Å². The summed E-state index contributed by atoms with van der Waals surface area (Å²) in [6.07, 6.45) is 0.984. The SMILES string of the molecule is COc1cc(Nc2ncc(F)c(Nc3ccc4c(n3)NC(=O)C(C)(C)O4)n2)cc(OC)c1O. The van der Waals surface area contributed by atoms with Gasteiger partial charge in [0, 0.05) is 17.8 Å². The predicted octanol–water partition coefficient (Wildman–Crippen LogP) is 3.33. The molecule has 33 heavy (non-hydrogen) atoms. The molecule has 0 saturated heterocycles. The van der Waals surface area contributed by atoms with Crippen LogP contribution in [0, 0.1) is 5.82 Å². The maximum absolute atomic E-state index is 14.4. The molecule has 4 rings (SSSR count). The summed E-state index contributed by atoms with van der Waals surface area (Å²) in [5.74, 6) is -0.148. The Balaban J connectivity index is 1.58. The first-order valence-corrected chi connectivity index (χ1v) is 9.73. The summed E-state index contributed by atoms with van der Waals surface area (Å²) in [4.78, 5) is 24.4. The standard InChI is InChI=1S/C21H21FN6O5/c1-21(2)19(30)27-18-12(33-21)5-6-15(26-18)25-17-11(22)9-23-20(28-17)24-10-7-13(31-3)16(29)14(8-10)32-4/h5-9,29H,1-4H3,(H3,23,24,25,26,27,28,30). The van der Waals surface area contributed by atoms with E-state index in [1.807, 2.05) is 0 Å². The van der Waals surface area contributed by atoms with E-state index < -0.39 is 11.4 Å². The largest absolute Gasteiger partial charge is 0.502 e. The molecule has 3 aromatic rings. The Morgan fingerprint density at radius 1 is 1.12 bits per heavy atom. The van der Waals surface area contributed by atoms with Gasteiger partial charge < -0.3 is 35.3 Å². The fourth-order valence-corrected chi connectivity index (χ4v) is 3.00. The highest BCUT2D eigenvalue weighted by Gasteiger charge is 2.36. The molecule has 1 aromatic carbocycles. The molecule has 0 unspecified atom stereocenters. The lowest BCUT2D eigenvalue weighted by molar-refractivity contribution is -0.129. The number of methoxy groups -OCH3 is 2. The lowest BCUT2D eigenvalue weighted by Crippen LogP contribution is -2.46. The van der Waals surface area contributed by atoms with Gasteiger partial charge in [0.2, 0.25) is 11.7 Å². The van der Waals surface area contributed by atoms with Crippen LogP contribution in [0.4, 0.5) is 33.5 Å². The van der Waals surface area contributed by atoms with Crippen LogP contribution in [0.1, 0.15) is 13.8 Å². The first-order chi connectivity index (χ1) is 15.7. The topological polar surface area (TPSA) is 140 Å². The smallest absolute Gasteiger partial charge is 0.269 e. The van der Waals surface area contributed by atoms with Crippen LogP contribution >= 0.6 is 0 Å². The number of ether oxygens (including phenoxy) is 3. The van der Waals surface area contributed by atoms with Crippen molar-refractivity contribution in [3.63, 3.8) is 0 Å². The number of nitrogens with one attached hydrogen (secondary N) is 3. The molecule has 172 valence electrons. The number of hydrogen-bond donors (Lipinski definition) is 4. The minimum Gasteiger partial charge on any atom is -0.502 e. The average Bonchev–Trinajstić information content (AvgIpc) is 2.78. The van der Waals surface area contributed by atoms with E-state index in [-0.39, 0.29) is 46.6 Å². The minimum absolute atomic E-state index is 0.0602. The van der Waals surface area contributed by atoms with Crippen LogP contribution in [-0.4, -0.2) is 45.8 Å². The molecule has 2 aromatic heterocycles. The lowest BCUT2D eigenvalue weighted by Gasteiger charge is -2.30. The van der Waals surface area contributed by atoms with Gasteiger partial charge in [0.1, 0.15) is 5.82 Å². The maximum Gasteiger partial charge on any atom is 0.269 e. The summed E-state index contributed by atoms with van der Waals surface area (Å²) in [7, 11) is 2.80. The van der Waals surface area contributed by atoms with Gasteiger partial charge in [-0.15, -0.1) is 0 Å². The monoisotopic (exact) mass is 456 g/mol. The number of pyridine rings is 1. The summed E-state index contributed by atoms with van der Waals surface area (Å²) in [5.41, 5.74) is -0.587. The fraction of sp³-hybridized carbons (Fsp3) is 0.238. The number of aromatic nitrogens is 3. The van der Waals surface area contributed by atoms with E-state index in [4.69, 9.17) is 14.2 Å². The van der Waals surface area contributed by atoms with Gasteiger partial charge in [-0.3, -0.25) is 4.79 Å². The van der Waals surface area contributed by atoms with Crippen molar-refractivity contribution < 1.29 is 28.5 Å². The Hall–Kier alpha value is -4.35. The Morgan fingerprint density at radius 3 is 2.48 bits per heavy atom. The number of phenols is 1. The number of fused-ring (bicyclic) bond motifs is 1. The van der Waals surface area contributed by atoms with Gasteiger partial charge >= 0.3 is 0 Å². The molecule has 11 nitrogen and oxygen atoms in total. The Morgan fingerprint density at radius 2 is 1.82 bits per heavy atom. The first kappa shape index (κ1) is 21.9. The molecular weight excluding hydrogens is 435 g/mol. The fourth-order valence-electron chi connectivity index (χ4n) is 3.00. The summed E-state index contributed by atoms with van der Waals surface area (Å²) in [6.45, 7) is 3.28. The molecule has 0 fully saturated rings. The number of aromatic hydroxyl groups is 1. The van der Waals surface area contributed by atoms with Crippen molar-refractivity contribution in [2.75, 3.05) is 30.2 Å². The van der Waals surface area contributed by atoms with Crippen LogP contribution in [0.25, 0.3) is 0 Å². The van der Waals surface area contributed by atoms with Crippen molar-refractivity contribution in [1.82, 2.24) is 15.0 Å². The highest BCUT2D eigenvalue weighted by atomic mass is 19.1. The maximum atomic E-state index is 14.4. The molecule has 0 aliphatic carbocycles. The molecule has 0 atom stereocenters. The van der Waals surface area contributed by atoms with Crippen LogP contribution in [0.3, 0.4) is 0 Å². The van der Waals surface area contributed by atoms with E-state index in [9.17, 15) is 14.3 Å². The lowest BCUT2D eigenvalue weighted by atomic mass is 10.1. The van der Waals surface area contributed by atoms with Crippen molar-refractivity contribution in [2.45, 2.75) is 19.4 Å². The summed E-state index contributed by atoms with van der Waals surface area (Å²) < 4.78 is 30.3. The molecule has 3 heterocycles. The summed E-state index contributed by atoms with van der Waals surface area (Å²) in [5, 5.41) is 18.4. The minimum atomic E-state index is -1.03. The van der Waals surface area contributed by atoms with Crippen molar-refractivity contribution in [3.8, 4) is 23.0 Å². The van der Waals surface area contributed by atoms with E-state index in [1.165, 1.54) is 26.4 Å². The second kappa shape index (κ2) is 8.30.